The summed E-state index contributed by atoms with van der Waals surface area (Å²) >= 11 is 5.78. The average Bonchev–Trinajstić information content (AvgIpc) is 2.85. The molecule has 1 heterocycles. The van der Waals surface area contributed by atoms with Gasteiger partial charge >= 0.3 is 0 Å². The van der Waals surface area contributed by atoms with Crippen molar-refractivity contribution in [2.24, 2.45) is 0 Å². The molecule has 2 N–H and O–H groups in total. The first-order valence-corrected chi connectivity index (χ1v) is 6.40. The first kappa shape index (κ1) is 13.6. The van der Waals surface area contributed by atoms with Crippen LogP contribution in [0, 0.1) is 11.6 Å². The SMILES string of the molecule is Nc1onc(-c2ccc(F)c(Cl)c2)c1-c1ccc(F)cc1. The molecule has 0 atom stereocenters. The molecule has 1 aromatic heterocycles. The summed E-state index contributed by atoms with van der Waals surface area (Å²) in [5.41, 5.74) is 7.92. The van der Waals surface area contributed by atoms with E-state index in [1.54, 1.807) is 12.1 Å². The lowest BCUT2D eigenvalue weighted by Crippen LogP contribution is -1.89. The maximum atomic E-state index is 13.2. The molecular weight excluding hydrogens is 298 g/mol. The molecule has 0 aliphatic rings. The smallest absolute Gasteiger partial charge is 0.230 e. The number of rotatable bonds is 2. The highest BCUT2D eigenvalue weighted by Crippen LogP contribution is 2.37. The topological polar surface area (TPSA) is 52.0 Å². The third-order valence-corrected chi connectivity index (χ3v) is 3.33. The first-order valence-electron chi connectivity index (χ1n) is 6.03. The Balaban J connectivity index is 2.16. The molecule has 0 saturated heterocycles. The van der Waals surface area contributed by atoms with E-state index in [-0.39, 0.29) is 16.7 Å². The highest BCUT2D eigenvalue weighted by molar-refractivity contribution is 6.31. The van der Waals surface area contributed by atoms with Crippen LogP contribution in [0.2, 0.25) is 5.02 Å². The lowest BCUT2D eigenvalue weighted by molar-refractivity contribution is 0.439. The van der Waals surface area contributed by atoms with Gasteiger partial charge in [-0.3, -0.25) is 0 Å². The fourth-order valence-corrected chi connectivity index (χ4v) is 2.22. The Morgan fingerprint density at radius 3 is 2.33 bits per heavy atom. The summed E-state index contributed by atoms with van der Waals surface area (Å²) in [7, 11) is 0. The molecule has 0 spiro atoms. The Kier molecular flexibility index (Phi) is 3.35. The van der Waals surface area contributed by atoms with Gasteiger partial charge in [-0.05, 0) is 35.9 Å². The van der Waals surface area contributed by atoms with Crippen molar-refractivity contribution in [2.45, 2.75) is 0 Å². The van der Waals surface area contributed by atoms with E-state index in [0.717, 1.165) is 0 Å². The van der Waals surface area contributed by atoms with Gasteiger partial charge in [0.15, 0.2) is 0 Å². The standard InChI is InChI=1S/C15H9ClF2N2O/c16-11-7-9(3-6-12(11)18)14-13(15(19)21-20-14)8-1-4-10(17)5-2-8/h1-7H,19H2. The molecule has 0 fully saturated rings. The van der Waals surface area contributed by atoms with Gasteiger partial charge in [0.2, 0.25) is 5.88 Å². The number of halogens is 3. The summed E-state index contributed by atoms with van der Waals surface area (Å²) in [5, 5.41) is 3.85. The number of hydrogen-bond acceptors (Lipinski definition) is 3. The van der Waals surface area contributed by atoms with Crippen molar-refractivity contribution in [3.63, 3.8) is 0 Å². The Hall–Kier alpha value is -2.40. The lowest BCUT2D eigenvalue weighted by atomic mass is 10.0. The minimum absolute atomic E-state index is 0.0286. The van der Waals surface area contributed by atoms with E-state index >= 15 is 0 Å². The van der Waals surface area contributed by atoms with E-state index in [2.05, 4.69) is 5.16 Å². The maximum Gasteiger partial charge on any atom is 0.230 e. The summed E-state index contributed by atoms with van der Waals surface area (Å²) < 4.78 is 31.3. The molecule has 106 valence electrons. The fraction of sp³-hybridized carbons (Fsp3) is 0. The molecule has 0 saturated carbocycles. The van der Waals surface area contributed by atoms with Crippen molar-refractivity contribution in [2.75, 3.05) is 5.73 Å². The van der Waals surface area contributed by atoms with Crippen LogP contribution in [-0.4, -0.2) is 5.16 Å². The Morgan fingerprint density at radius 1 is 1.00 bits per heavy atom. The van der Waals surface area contributed by atoms with Crippen LogP contribution >= 0.6 is 11.6 Å². The van der Waals surface area contributed by atoms with Gasteiger partial charge in [0, 0.05) is 5.56 Å². The first-order chi connectivity index (χ1) is 10.1. The summed E-state index contributed by atoms with van der Waals surface area (Å²) in [6.07, 6.45) is 0. The lowest BCUT2D eigenvalue weighted by Gasteiger charge is -2.04. The van der Waals surface area contributed by atoms with E-state index < -0.39 is 5.82 Å². The van der Waals surface area contributed by atoms with Gasteiger partial charge in [0.25, 0.3) is 0 Å². The number of nitrogen functional groups attached to an aromatic ring is 1. The molecule has 6 heteroatoms. The van der Waals surface area contributed by atoms with Crippen LogP contribution in [0.25, 0.3) is 22.4 Å². The number of nitrogens with two attached hydrogens (primary N) is 1. The molecular formula is C15H9ClF2N2O. The molecule has 3 rings (SSSR count). The van der Waals surface area contributed by atoms with Gasteiger partial charge < -0.3 is 10.3 Å². The van der Waals surface area contributed by atoms with E-state index in [1.807, 2.05) is 0 Å². The summed E-state index contributed by atoms with van der Waals surface area (Å²) in [5.74, 6) is -0.794. The third-order valence-electron chi connectivity index (χ3n) is 3.04. The highest BCUT2D eigenvalue weighted by Gasteiger charge is 2.18. The second-order valence-electron chi connectivity index (χ2n) is 4.41. The number of aromatic nitrogens is 1. The van der Waals surface area contributed by atoms with E-state index in [9.17, 15) is 8.78 Å². The number of anilines is 1. The van der Waals surface area contributed by atoms with Crippen LogP contribution in [-0.2, 0) is 0 Å². The minimum Gasteiger partial charge on any atom is -0.367 e. The summed E-state index contributed by atoms with van der Waals surface area (Å²) in [6.45, 7) is 0. The molecule has 0 radical (unpaired) electrons. The third kappa shape index (κ3) is 2.48. The van der Waals surface area contributed by atoms with Crippen LogP contribution in [0.3, 0.4) is 0 Å². The second kappa shape index (κ2) is 5.18. The predicted octanol–water partition coefficient (Wildman–Crippen LogP) is 4.52. The van der Waals surface area contributed by atoms with Crippen LogP contribution < -0.4 is 5.73 Å². The van der Waals surface area contributed by atoms with Crippen molar-refractivity contribution in [1.29, 1.82) is 0 Å². The van der Waals surface area contributed by atoms with Gasteiger partial charge in [0.1, 0.15) is 17.3 Å². The Bertz CT molecular complexity index is 800. The Morgan fingerprint density at radius 2 is 1.67 bits per heavy atom. The van der Waals surface area contributed by atoms with Crippen molar-refractivity contribution in [3.05, 3.63) is 59.1 Å². The minimum atomic E-state index is -0.528. The molecule has 0 amide bonds. The van der Waals surface area contributed by atoms with Gasteiger partial charge in [-0.25, -0.2) is 8.78 Å². The van der Waals surface area contributed by atoms with Crippen molar-refractivity contribution in [1.82, 2.24) is 5.16 Å². The van der Waals surface area contributed by atoms with E-state index in [1.165, 1.54) is 30.3 Å². The number of hydrogen-bond donors (Lipinski definition) is 1. The van der Waals surface area contributed by atoms with Crippen molar-refractivity contribution < 1.29 is 13.3 Å². The quantitative estimate of drug-likeness (QED) is 0.757. The van der Waals surface area contributed by atoms with E-state index in [0.29, 0.717) is 22.4 Å². The monoisotopic (exact) mass is 306 g/mol. The molecule has 0 aliphatic heterocycles. The number of benzene rings is 2. The molecule has 0 bridgehead atoms. The van der Waals surface area contributed by atoms with Crippen LogP contribution in [0.4, 0.5) is 14.7 Å². The second-order valence-corrected chi connectivity index (χ2v) is 4.81. The highest BCUT2D eigenvalue weighted by atomic mass is 35.5. The fourth-order valence-electron chi connectivity index (χ4n) is 2.04. The summed E-state index contributed by atoms with van der Waals surface area (Å²) in [6, 6.07) is 9.93. The van der Waals surface area contributed by atoms with E-state index in [4.69, 9.17) is 21.9 Å². The summed E-state index contributed by atoms with van der Waals surface area (Å²) in [4.78, 5) is 0. The van der Waals surface area contributed by atoms with Crippen LogP contribution in [0.5, 0.6) is 0 Å². The zero-order valence-electron chi connectivity index (χ0n) is 10.6. The molecule has 3 aromatic rings. The van der Waals surface area contributed by atoms with Crippen molar-refractivity contribution >= 4 is 17.5 Å². The maximum absolute atomic E-state index is 13.2. The molecule has 21 heavy (non-hydrogen) atoms. The van der Waals surface area contributed by atoms with Crippen LogP contribution in [0.1, 0.15) is 0 Å². The molecule has 3 nitrogen and oxygen atoms in total. The largest absolute Gasteiger partial charge is 0.367 e. The normalized spacial score (nSPS) is 10.8. The molecule has 0 unspecified atom stereocenters. The zero-order chi connectivity index (χ0) is 15.0. The number of nitrogens with zero attached hydrogens (tertiary/aromatic N) is 1. The Labute approximate surface area is 123 Å². The molecule has 0 aliphatic carbocycles. The van der Waals surface area contributed by atoms with Crippen LogP contribution in [0.15, 0.2) is 47.0 Å². The van der Waals surface area contributed by atoms with Crippen molar-refractivity contribution in [3.8, 4) is 22.4 Å². The van der Waals surface area contributed by atoms with Gasteiger partial charge in [-0.1, -0.05) is 28.9 Å². The van der Waals surface area contributed by atoms with Gasteiger partial charge in [-0.15, -0.1) is 0 Å². The molecule has 2 aromatic carbocycles. The van der Waals surface area contributed by atoms with Gasteiger partial charge in [0.05, 0.1) is 10.6 Å². The average molecular weight is 307 g/mol. The zero-order valence-corrected chi connectivity index (χ0v) is 11.4. The predicted molar refractivity (Wildman–Crippen MR) is 76.7 cm³/mol. The van der Waals surface area contributed by atoms with Gasteiger partial charge in [-0.2, -0.15) is 0 Å².